The molecule has 1 atom stereocenters. The van der Waals surface area contributed by atoms with Crippen molar-refractivity contribution in [3.63, 3.8) is 0 Å². The minimum absolute atomic E-state index is 0.0383. The maximum atomic E-state index is 12.8. The number of hydrogen-bond donors (Lipinski definition) is 3. The highest BCUT2D eigenvalue weighted by atomic mass is 16.5. The van der Waals surface area contributed by atoms with Crippen molar-refractivity contribution in [2.75, 3.05) is 25.0 Å². The van der Waals surface area contributed by atoms with Gasteiger partial charge < -0.3 is 20.7 Å². The van der Waals surface area contributed by atoms with Gasteiger partial charge in [0.15, 0.2) is 0 Å². The standard InChI is InChI=1S/C23H36N4O3/c1-3-30-21-12-8-7-11-20(21)26-22(28)17(2)27-15-13-19(14-16-27)25-23(29)24-18-9-5-4-6-10-18/h7-8,11-12,17-19H,3-6,9-10,13-16H2,1-2H3,(H,26,28)(H2,24,25,29). The van der Waals surface area contributed by atoms with E-state index in [-0.39, 0.29) is 24.0 Å². The minimum atomic E-state index is -0.239. The van der Waals surface area contributed by atoms with E-state index in [1.165, 1.54) is 19.3 Å². The van der Waals surface area contributed by atoms with Crippen LogP contribution in [0.2, 0.25) is 0 Å². The lowest BCUT2D eigenvalue weighted by Crippen LogP contribution is -2.53. The lowest BCUT2D eigenvalue weighted by Gasteiger charge is -2.36. The number of nitrogens with one attached hydrogen (secondary N) is 3. The van der Waals surface area contributed by atoms with Crippen molar-refractivity contribution in [3.05, 3.63) is 24.3 Å². The van der Waals surface area contributed by atoms with E-state index in [2.05, 4.69) is 20.9 Å². The molecule has 1 aromatic rings. The SMILES string of the molecule is CCOc1ccccc1NC(=O)C(C)N1CCC(NC(=O)NC2CCCCC2)CC1. The molecule has 166 valence electrons. The van der Waals surface area contributed by atoms with Crippen LogP contribution >= 0.6 is 0 Å². The summed E-state index contributed by atoms with van der Waals surface area (Å²) < 4.78 is 5.59. The Morgan fingerprint density at radius 1 is 1.03 bits per heavy atom. The first-order chi connectivity index (χ1) is 14.6. The molecule has 3 amide bonds. The lowest BCUT2D eigenvalue weighted by atomic mass is 9.96. The number of rotatable bonds is 7. The zero-order valence-electron chi connectivity index (χ0n) is 18.3. The molecule has 7 heteroatoms. The van der Waals surface area contributed by atoms with Gasteiger partial charge in [0.25, 0.3) is 0 Å². The first kappa shape index (κ1) is 22.4. The van der Waals surface area contributed by atoms with Gasteiger partial charge in [-0.3, -0.25) is 9.69 Å². The number of carbonyl (C=O) groups is 2. The van der Waals surface area contributed by atoms with Crippen LogP contribution in [-0.4, -0.2) is 54.7 Å². The van der Waals surface area contributed by atoms with Gasteiger partial charge in [0.05, 0.1) is 18.3 Å². The van der Waals surface area contributed by atoms with E-state index >= 15 is 0 Å². The van der Waals surface area contributed by atoms with Crippen LogP contribution in [0.4, 0.5) is 10.5 Å². The predicted molar refractivity (Wildman–Crippen MR) is 119 cm³/mol. The lowest BCUT2D eigenvalue weighted by molar-refractivity contribution is -0.121. The summed E-state index contributed by atoms with van der Waals surface area (Å²) in [6.07, 6.45) is 7.57. The first-order valence-corrected chi connectivity index (χ1v) is 11.4. The summed E-state index contributed by atoms with van der Waals surface area (Å²) in [5.74, 6) is 0.649. The third kappa shape index (κ3) is 6.36. The normalized spacial score (nSPS) is 19.7. The molecule has 2 fully saturated rings. The van der Waals surface area contributed by atoms with Crippen LogP contribution in [0.25, 0.3) is 0 Å². The number of amides is 3. The average molecular weight is 417 g/mol. The summed E-state index contributed by atoms with van der Waals surface area (Å²) >= 11 is 0. The zero-order valence-corrected chi connectivity index (χ0v) is 18.3. The molecule has 3 rings (SSSR count). The summed E-state index contributed by atoms with van der Waals surface area (Å²) in [6.45, 7) is 5.99. The summed E-state index contributed by atoms with van der Waals surface area (Å²) in [5, 5.41) is 9.24. The molecule has 30 heavy (non-hydrogen) atoms. The van der Waals surface area contributed by atoms with E-state index in [0.717, 1.165) is 38.8 Å². The van der Waals surface area contributed by atoms with Gasteiger partial charge in [0, 0.05) is 25.2 Å². The molecule has 1 heterocycles. The number of anilines is 1. The fourth-order valence-electron chi connectivity index (χ4n) is 4.34. The molecule has 0 bridgehead atoms. The van der Waals surface area contributed by atoms with Crippen molar-refractivity contribution in [1.29, 1.82) is 0 Å². The van der Waals surface area contributed by atoms with Crippen LogP contribution < -0.4 is 20.7 Å². The van der Waals surface area contributed by atoms with Gasteiger partial charge in [-0.05, 0) is 51.7 Å². The summed E-state index contributed by atoms with van der Waals surface area (Å²) in [5.41, 5.74) is 0.701. The van der Waals surface area contributed by atoms with Gasteiger partial charge in [-0.2, -0.15) is 0 Å². The molecule has 1 unspecified atom stereocenters. The van der Waals surface area contributed by atoms with E-state index in [0.29, 0.717) is 24.1 Å². The number of nitrogens with zero attached hydrogens (tertiary/aromatic N) is 1. The Hall–Kier alpha value is -2.28. The fraction of sp³-hybridized carbons (Fsp3) is 0.652. The van der Waals surface area contributed by atoms with E-state index in [1.807, 2.05) is 38.1 Å². The molecule has 3 N–H and O–H groups in total. The molecule has 1 aliphatic carbocycles. The maximum absolute atomic E-state index is 12.8. The molecule has 7 nitrogen and oxygen atoms in total. The maximum Gasteiger partial charge on any atom is 0.315 e. The third-order valence-corrected chi connectivity index (χ3v) is 6.18. The molecule has 1 aromatic carbocycles. The third-order valence-electron chi connectivity index (χ3n) is 6.18. The van der Waals surface area contributed by atoms with Gasteiger partial charge in [-0.1, -0.05) is 31.4 Å². The smallest absolute Gasteiger partial charge is 0.315 e. The van der Waals surface area contributed by atoms with E-state index in [4.69, 9.17) is 4.74 Å². The van der Waals surface area contributed by atoms with Crippen LogP contribution in [-0.2, 0) is 4.79 Å². The van der Waals surface area contributed by atoms with Crippen LogP contribution in [0.15, 0.2) is 24.3 Å². The highest BCUT2D eigenvalue weighted by Crippen LogP contribution is 2.24. The molecule has 0 spiro atoms. The molecule has 0 aromatic heterocycles. The Labute approximate surface area is 179 Å². The van der Waals surface area contributed by atoms with Crippen LogP contribution in [0.1, 0.15) is 58.8 Å². The number of piperidine rings is 1. The minimum Gasteiger partial charge on any atom is -0.492 e. The van der Waals surface area contributed by atoms with Crippen LogP contribution in [0, 0.1) is 0 Å². The largest absolute Gasteiger partial charge is 0.492 e. The Morgan fingerprint density at radius 3 is 2.33 bits per heavy atom. The number of urea groups is 1. The van der Waals surface area contributed by atoms with Gasteiger partial charge in [-0.15, -0.1) is 0 Å². The first-order valence-electron chi connectivity index (χ1n) is 11.4. The van der Waals surface area contributed by atoms with E-state index in [9.17, 15) is 9.59 Å². The van der Waals surface area contributed by atoms with Crippen LogP contribution in [0.5, 0.6) is 5.75 Å². The van der Waals surface area contributed by atoms with Gasteiger partial charge in [-0.25, -0.2) is 4.79 Å². The molecule has 0 radical (unpaired) electrons. The monoisotopic (exact) mass is 416 g/mol. The second-order valence-electron chi connectivity index (χ2n) is 8.36. The fourth-order valence-corrected chi connectivity index (χ4v) is 4.34. The highest BCUT2D eigenvalue weighted by molar-refractivity contribution is 5.95. The van der Waals surface area contributed by atoms with E-state index < -0.39 is 0 Å². The number of para-hydroxylation sites is 2. The molecular weight excluding hydrogens is 380 g/mol. The number of ether oxygens (including phenoxy) is 1. The van der Waals surface area contributed by atoms with Crippen molar-refractivity contribution in [2.45, 2.75) is 76.9 Å². The van der Waals surface area contributed by atoms with Gasteiger partial charge in [0.2, 0.25) is 5.91 Å². The van der Waals surface area contributed by atoms with Crippen molar-refractivity contribution in [1.82, 2.24) is 15.5 Å². The Kier molecular flexibility index (Phi) is 8.37. The van der Waals surface area contributed by atoms with Crippen molar-refractivity contribution in [2.24, 2.45) is 0 Å². The van der Waals surface area contributed by atoms with Crippen molar-refractivity contribution >= 4 is 17.6 Å². The zero-order chi connectivity index (χ0) is 21.3. The van der Waals surface area contributed by atoms with Crippen molar-refractivity contribution in [3.8, 4) is 5.75 Å². The number of likely N-dealkylation sites (tertiary alicyclic amines) is 1. The molecule has 1 saturated heterocycles. The predicted octanol–water partition coefficient (Wildman–Crippen LogP) is 3.51. The quantitative estimate of drug-likeness (QED) is 0.635. The number of carbonyl (C=O) groups excluding carboxylic acids is 2. The topological polar surface area (TPSA) is 82.7 Å². The summed E-state index contributed by atoms with van der Waals surface area (Å²) in [4.78, 5) is 27.2. The van der Waals surface area contributed by atoms with Crippen LogP contribution in [0.3, 0.4) is 0 Å². The molecule has 1 saturated carbocycles. The summed E-state index contributed by atoms with van der Waals surface area (Å²) in [6, 6.07) is 7.71. The van der Waals surface area contributed by atoms with Crippen molar-refractivity contribution < 1.29 is 14.3 Å². The van der Waals surface area contributed by atoms with E-state index in [1.54, 1.807) is 0 Å². The summed E-state index contributed by atoms with van der Waals surface area (Å²) in [7, 11) is 0. The average Bonchev–Trinajstić information content (AvgIpc) is 2.76. The van der Waals surface area contributed by atoms with Gasteiger partial charge in [0.1, 0.15) is 5.75 Å². The molecular formula is C23H36N4O3. The highest BCUT2D eigenvalue weighted by Gasteiger charge is 2.28. The number of hydrogen-bond acceptors (Lipinski definition) is 4. The second kappa shape index (κ2) is 11.2. The van der Waals surface area contributed by atoms with Gasteiger partial charge >= 0.3 is 6.03 Å². The molecule has 2 aliphatic rings. The Balaban J connectivity index is 1.42. The Morgan fingerprint density at radius 2 is 1.67 bits per heavy atom. The Bertz CT molecular complexity index is 697. The molecule has 1 aliphatic heterocycles. The number of benzene rings is 1. The second-order valence-corrected chi connectivity index (χ2v) is 8.36.